The van der Waals surface area contributed by atoms with E-state index in [1.165, 1.54) is 20.0 Å². The number of hydrogen-bond acceptors (Lipinski definition) is 5. The molecule has 1 saturated heterocycles. The Morgan fingerprint density at radius 3 is 2.79 bits per heavy atom. The lowest BCUT2D eigenvalue weighted by molar-refractivity contribution is 0.0600. The van der Waals surface area contributed by atoms with E-state index in [0.29, 0.717) is 17.7 Å². The highest BCUT2D eigenvalue weighted by atomic mass is 16.5. The van der Waals surface area contributed by atoms with E-state index in [9.17, 15) is 9.59 Å². The molecule has 28 heavy (non-hydrogen) atoms. The number of aromatic nitrogens is 3. The van der Waals surface area contributed by atoms with Crippen LogP contribution < -0.4 is 0 Å². The quantitative estimate of drug-likeness (QED) is 0.763. The van der Waals surface area contributed by atoms with Crippen molar-refractivity contribution in [1.82, 2.24) is 19.7 Å². The van der Waals surface area contributed by atoms with Gasteiger partial charge >= 0.3 is 5.97 Å². The Kier molecular flexibility index (Phi) is 5.41. The topological polar surface area (TPSA) is 77.3 Å². The minimum absolute atomic E-state index is 0.0499. The molecule has 0 spiro atoms. The number of hydrogen-bond donors (Lipinski definition) is 0. The highest BCUT2D eigenvalue weighted by molar-refractivity contribution is 5.98. The maximum absolute atomic E-state index is 13.1. The molecule has 1 unspecified atom stereocenters. The predicted molar refractivity (Wildman–Crippen MR) is 103 cm³/mol. The molecule has 7 heteroatoms. The molecule has 148 valence electrons. The van der Waals surface area contributed by atoms with Crippen LogP contribution in [0.2, 0.25) is 0 Å². The van der Waals surface area contributed by atoms with E-state index in [4.69, 9.17) is 4.74 Å². The number of esters is 1. The molecule has 0 saturated carbocycles. The van der Waals surface area contributed by atoms with Crippen LogP contribution in [0.15, 0.2) is 24.3 Å². The van der Waals surface area contributed by atoms with Crippen LogP contribution >= 0.6 is 0 Å². The Hall–Kier alpha value is -2.70. The molecule has 7 nitrogen and oxygen atoms in total. The Morgan fingerprint density at radius 1 is 1.07 bits per heavy atom. The number of carbonyl (C=O) groups is 2. The van der Waals surface area contributed by atoms with Gasteiger partial charge in [-0.25, -0.2) is 4.79 Å². The molecule has 1 amide bonds. The number of piperidine rings is 1. The molecule has 2 aromatic rings. The highest BCUT2D eigenvalue weighted by Gasteiger charge is 2.30. The largest absolute Gasteiger partial charge is 0.465 e. The summed E-state index contributed by atoms with van der Waals surface area (Å²) in [6, 6.07) is 6.74. The number of methoxy groups -OCH3 is 1. The third kappa shape index (κ3) is 3.66. The molecule has 3 heterocycles. The van der Waals surface area contributed by atoms with Crippen molar-refractivity contribution in [2.24, 2.45) is 0 Å². The van der Waals surface area contributed by atoms with Crippen molar-refractivity contribution >= 4 is 11.9 Å². The smallest absolute Gasteiger partial charge is 0.337 e. The van der Waals surface area contributed by atoms with Crippen LogP contribution in [-0.4, -0.2) is 51.7 Å². The van der Waals surface area contributed by atoms with Crippen molar-refractivity contribution in [3.05, 3.63) is 47.0 Å². The van der Waals surface area contributed by atoms with Crippen molar-refractivity contribution in [2.75, 3.05) is 20.2 Å². The summed E-state index contributed by atoms with van der Waals surface area (Å²) in [5, 5.41) is 8.91. The lowest BCUT2D eigenvalue weighted by Crippen LogP contribution is -2.40. The fourth-order valence-corrected chi connectivity index (χ4v) is 4.26. The van der Waals surface area contributed by atoms with Gasteiger partial charge in [-0.2, -0.15) is 0 Å². The van der Waals surface area contributed by atoms with Gasteiger partial charge in [0.1, 0.15) is 11.6 Å². The Labute approximate surface area is 164 Å². The summed E-state index contributed by atoms with van der Waals surface area (Å²) in [6.07, 6.45) is 6.51. The number of benzene rings is 1. The Balaban J connectivity index is 1.52. The second-order valence-electron chi connectivity index (χ2n) is 7.60. The number of carbonyl (C=O) groups excluding carboxylic acids is 2. The third-order valence-electron chi connectivity index (χ3n) is 5.74. The van der Waals surface area contributed by atoms with Gasteiger partial charge in [-0.15, -0.1) is 10.2 Å². The number of amides is 1. The zero-order valence-corrected chi connectivity index (χ0v) is 16.3. The lowest BCUT2D eigenvalue weighted by Gasteiger charge is -2.32. The maximum atomic E-state index is 13.1. The van der Waals surface area contributed by atoms with Gasteiger partial charge in [0.05, 0.1) is 12.7 Å². The van der Waals surface area contributed by atoms with E-state index < -0.39 is 5.97 Å². The van der Waals surface area contributed by atoms with Gasteiger partial charge in [0.2, 0.25) is 0 Å². The van der Waals surface area contributed by atoms with Gasteiger partial charge in [0, 0.05) is 37.5 Å². The van der Waals surface area contributed by atoms with Crippen molar-refractivity contribution in [3.63, 3.8) is 0 Å². The molecule has 1 fully saturated rings. The number of fused-ring (bicyclic) bond motifs is 1. The zero-order valence-electron chi connectivity index (χ0n) is 16.3. The van der Waals surface area contributed by atoms with Crippen LogP contribution in [0.4, 0.5) is 0 Å². The van der Waals surface area contributed by atoms with Gasteiger partial charge in [-0.05, 0) is 43.9 Å². The van der Waals surface area contributed by atoms with Gasteiger partial charge < -0.3 is 14.2 Å². The van der Waals surface area contributed by atoms with Crippen LogP contribution in [0.25, 0.3) is 0 Å². The maximum Gasteiger partial charge on any atom is 0.337 e. The normalized spacial score (nSPS) is 19.6. The second-order valence-corrected chi connectivity index (χ2v) is 7.60. The number of likely N-dealkylation sites (tertiary alicyclic amines) is 1. The van der Waals surface area contributed by atoms with Gasteiger partial charge in [-0.1, -0.05) is 12.5 Å². The first-order chi connectivity index (χ1) is 13.7. The van der Waals surface area contributed by atoms with Gasteiger partial charge in [-0.3, -0.25) is 4.79 Å². The lowest BCUT2D eigenvalue weighted by atomic mass is 9.96. The van der Waals surface area contributed by atoms with Gasteiger partial charge in [0.15, 0.2) is 0 Å². The molecular formula is C21H26N4O3. The van der Waals surface area contributed by atoms with E-state index in [0.717, 1.165) is 50.4 Å². The molecule has 0 N–H and O–H groups in total. The van der Waals surface area contributed by atoms with Crippen molar-refractivity contribution in [3.8, 4) is 0 Å². The molecule has 4 rings (SSSR count). The van der Waals surface area contributed by atoms with Gasteiger partial charge in [0.25, 0.3) is 5.91 Å². The summed E-state index contributed by atoms with van der Waals surface area (Å²) in [6.45, 7) is 2.33. The number of aryl methyl sites for hydroxylation is 1. The van der Waals surface area contributed by atoms with E-state index >= 15 is 0 Å². The monoisotopic (exact) mass is 382 g/mol. The van der Waals surface area contributed by atoms with Crippen molar-refractivity contribution < 1.29 is 14.3 Å². The molecule has 1 aromatic heterocycles. The number of rotatable bonds is 3. The summed E-state index contributed by atoms with van der Waals surface area (Å²) < 4.78 is 7.04. The second kappa shape index (κ2) is 8.12. The van der Waals surface area contributed by atoms with Crippen LogP contribution in [-0.2, 0) is 17.7 Å². The molecule has 0 aliphatic carbocycles. The average Bonchev–Trinajstić information content (AvgIpc) is 3.01. The minimum atomic E-state index is -0.433. The highest BCUT2D eigenvalue weighted by Crippen LogP contribution is 2.28. The minimum Gasteiger partial charge on any atom is -0.465 e. The molecule has 0 radical (unpaired) electrons. The SMILES string of the molecule is COC(=O)c1cccc(C(=O)N2CCCC(c3nnc4n3CCCCC4)C2)c1. The summed E-state index contributed by atoms with van der Waals surface area (Å²) in [5.74, 6) is 1.84. The molecule has 1 aromatic carbocycles. The molecule has 2 aliphatic heterocycles. The van der Waals surface area contributed by atoms with Crippen LogP contribution in [0.1, 0.15) is 70.4 Å². The first-order valence-corrected chi connectivity index (χ1v) is 10.1. The molecule has 0 bridgehead atoms. The third-order valence-corrected chi connectivity index (χ3v) is 5.74. The molecule has 2 aliphatic rings. The van der Waals surface area contributed by atoms with E-state index in [-0.39, 0.29) is 11.8 Å². The summed E-state index contributed by atoms with van der Waals surface area (Å²) >= 11 is 0. The standard InChI is InChI=1S/C21H26N4O3/c1-28-21(27)16-8-5-7-15(13-16)20(26)24-11-6-9-17(14-24)19-23-22-18-10-3-2-4-12-25(18)19/h5,7-8,13,17H,2-4,6,9-12,14H2,1H3. The summed E-state index contributed by atoms with van der Waals surface area (Å²) in [5.41, 5.74) is 0.910. The van der Waals surface area contributed by atoms with Crippen LogP contribution in [0.3, 0.4) is 0 Å². The Morgan fingerprint density at radius 2 is 1.93 bits per heavy atom. The van der Waals surface area contributed by atoms with Crippen molar-refractivity contribution in [2.45, 2.75) is 51.0 Å². The number of ether oxygens (including phenoxy) is 1. The fraction of sp³-hybridized carbons (Fsp3) is 0.524. The first kappa shape index (κ1) is 18.7. The van der Waals surface area contributed by atoms with Crippen molar-refractivity contribution in [1.29, 1.82) is 0 Å². The Bertz CT molecular complexity index is 876. The summed E-state index contributed by atoms with van der Waals surface area (Å²) in [7, 11) is 1.34. The number of nitrogens with zero attached hydrogens (tertiary/aromatic N) is 4. The van der Waals surface area contributed by atoms with Crippen LogP contribution in [0.5, 0.6) is 0 Å². The predicted octanol–water partition coefficient (Wildman–Crippen LogP) is 2.81. The van der Waals surface area contributed by atoms with E-state index in [2.05, 4.69) is 14.8 Å². The molecular weight excluding hydrogens is 356 g/mol. The summed E-state index contributed by atoms with van der Waals surface area (Å²) in [4.78, 5) is 26.7. The zero-order chi connectivity index (χ0) is 19.5. The fourth-order valence-electron chi connectivity index (χ4n) is 4.26. The van der Waals surface area contributed by atoms with E-state index in [1.807, 2.05) is 4.90 Å². The van der Waals surface area contributed by atoms with Crippen LogP contribution in [0, 0.1) is 0 Å². The van der Waals surface area contributed by atoms with E-state index in [1.54, 1.807) is 24.3 Å². The average molecular weight is 382 g/mol. The first-order valence-electron chi connectivity index (χ1n) is 10.1. The molecule has 1 atom stereocenters.